The summed E-state index contributed by atoms with van der Waals surface area (Å²) in [4.78, 5) is 26.2. The normalized spacial score (nSPS) is 13.2. The quantitative estimate of drug-likeness (QED) is 0.792. The third-order valence-corrected chi connectivity index (χ3v) is 5.11. The lowest BCUT2D eigenvalue weighted by molar-refractivity contribution is -0.136. The van der Waals surface area contributed by atoms with Crippen molar-refractivity contribution in [2.24, 2.45) is 0 Å². The second kappa shape index (κ2) is 8.56. The predicted molar refractivity (Wildman–Crippen MR) is 103 cm³/mol. The lowest BCUT2D eigenvalue weighted by Crippen LogP contribution is -2.39. The number of hydrogen-bond acceptors (Lipinski definition) is 2. The van der Waals surface area contributed by atoms with E-state index >= 15 is 0 Å². The van der Waals surface area contributed by atoms with Crippen LogP contribution in [-0.4, -0.2) is 29.8 Å². The number of carbonyl (C=O) groups is 2. The van der Waals surface area contributed by atoms with Crippen LogP contribution in [0.3, 0.4) is 0 Å². The summed E-state index contributed by atoms with van der Waals surface area (Å²) in [5, 5.41) is 3.94. The van der Waals surface area contributed by atoms with E-state index in [0.29, 0.717) is 36.1 Å². The third-order valence-electron chi connectivity index (χ3n) is 4.53. The molecule has 1 heterocycles. The minimum absolute atomic E-state index is 0.128. The third kappa shape index (κ3) is 4.77. The van der Waals surface area contributed by atoms with E-state index in [0.717, 1.165) is 17.5 Å². The van der Waals surface area contributed by atoms with E-state index in [-0.39, 0.29) is 18.2 Å². The molecule has 2 aromatic rings. The molecule has 2 aromatic carbocycles. The Morgan fingerprint density at radius 2 is 1.85 bits per heavy atom. The van der Waals surface area contributed by atoms with Gasteiger partial charge in [-0.3, -0.25) is 9.59 Å². The van der Waals surface area contributed by atoms with Gasteiger partial charge in [0, 0.05) is 29.7 Å². The Labute approximate surface area is 163 Å². The van der Waals surface area contributed by atoms with Gasteiger partial charge < -0.3 is 10.2 Å². The molecule has 136 valence electrons. The molecule has 3 rings (SSSR count). The molecule has 1 aliphatic heterocycles. The molecule has 1 aliphatic rings. The van der Waals surface area contributed by atoms with E-state index in [4.69, 9.17) is 23.2 Å². The van der Waals surface area contributed by atoms with E-state index in [2.05, 4.69) is 11.4 Å². The molecule has 1 N–H and O–H groups in total. The van der Waals surface area contributed by atoms with Gasteiger partial charge in [-0.15, -0.1) is 0 Å². The summed E-state index contributed by atoms with van der Waals surface area (Å²) in [6.07, 6.45) is 1.29. The van der Waals surface area contributed by atoms with E-state index in [1.807, 2.05) is 24.3 Å². The van der Waals surface area contributed by atoms with Crippen molar-refractivity contribution in [2.45, 2.75) is 25.8 Å². The van der Waals surface area contributed by atoms with Crippen molar-refractivity contribution in [2.75, 3.05) is 13.1 Å². The Balaban J connectivity index is 1.45. The lowest BCUT2D eigenvalue weighted by Gasteiger charge is -2.28. The first-order valence-electron chi connectivity index (χ1n) is 8.58. The molecule has 0 atom stereocenters. The van der Waals surface area contributed by atoms with Crippen LogP contribution in [0, 0.1) is 0 Å². The number of hydrogen-bond donors (Lipinski definition) is 1. The van der Waals surface area contributed by atoms with Crippen LogP contribution in [0.4, 0.5) is 0 Å². The summed E-state index contributed by atoms with van der Waals surface area (Å²) in [6, 6.07) is 13.4. The predicted octanol–water partition coefficient (Wildman–Crippen LogP) is 3.63. The van der Waals surface area contributed by atoms with Crippen LogP contribution in [0.5, 0.6) is 0 Å². The molecule has 6 heteroatoms. The number of fused-ring (bicyclic) bond motifs is 1. The second-order valence-corrected chi connectivity index (χ2v) is 7.19. The van der Waals surface area contributed by atoms with Crippen LogP contribution in [0.1, 0.15) is 23.1 Å². The summed E-state index contributed by atoms with van der Waals surface area (Å²) < 4.78 is 0. The van der Waals surface area contributed by atoms with E-state index in [1.165, 1.54) is 5.56 Å². The van der Waals surface area contributed by atoms with Gasteiger partial charge in [0.05, 0.1) is 0 Å². The molecule has 0 saturated heterocycles. The second-order valence-electron chi connectivity index (χ2n) is 6.35. The zero-order valence-electron chi connectivity index (χ0n) is 14.3. The van der Waals surface area contributed by atoms with Crippen molar-refractivity contribution in [3.63, 3.8) is 0 Å². The Hall–Kier alpha value is -2.04. The molecule has 0 aromatic heterocycles. The summed E-state index contributed by atoms with van der Waals surface area (Å²) in [5.74, 6) is -0.402. The van der Waals surface area contributed by atoms with Gasteiger partial charge in [-0.2, -0.15) is 0 Å². The minimum atomic E-state index is -0.265. The smallest absolute Gasteiger partial charge is 0.232 e. The lowest BCUT2D eigenvalue weighted by atomic mass is 10.00. The van der Waals surface area contributed by atoms with Gasteiger partial charge in [-0.25, -0.2) is 0 Å². The van der Waals surface area contributed by atoms with E-state index in [1.54, 1.807) is 17.0 Å². The zero-order valence-corrected chi connectivity index (χ0v) is 15.8. The minimum Gasteiger partial charge on any atom is -0.355 e. The maximum atomic E-state index is 12.4. The van der Waals surface area contributed by atoms with Crippen molar-refractivity contribution in [1.29, 1.82) is 0 Å². The molecule has 0 fully saturated rings. The summed E-state index contributed by atoms with van der Waals surface area (Å²) in [7, 11) is 0. The molecule has 0 spiro atoms. The standard InChI is InChI=1S/C20H20Cl2N2O2/c21-17-6-5-15(18(22)11-17)7-9-23-19(25)12-20(26)24-10-8-14-3-1-2-4-16(14)13-24/h1-6,11H,7-10,12-13H2,(H,23,25). The Bertz CT molecular complexity index is 823. The number of benzene rings is 2. The van der Waals surface area contributed by atoms with E-state index < -0.39 is 0 Å². The van der Waals surface area contributed by atoms with Gasteiger partial charge >= 0.3 is 0 Å². The van der Waals surface area contributed by atoms with Crippen molar-refractivity contribution in [3.8, 4) is 0 Å². The summed E-state index contributed by atoms with van der Waals surface area (Å²) >= 11 is 12.0. The highest BCUT2D eigenvalue weighted by Crippen LogP contribution is 2.21. The average Bonchev–Trinajstić information content (AvgIpc) is 2.63. The van der Waals surface area contributed by atoms with Crippen molar-refractivity contribution < 1.29 is 9.59 Å². The molecule has 0 saturated carbocycles. The van der Waals surface area contributed by atoms with Crippen LogP contribution in [0.25, 0.3) is 0 Å². The van der Waals surface area contributed by atoms with Gasteiger partial charge in [0.25, 0.3) is 0 Å². The van der Waals surface area contributed by atoms with Gasteiger partial charge in [-0.1, -0.05) is 53.5 Å². The highest BCUT2D eigenvalue weighted by atomic mass is 35.5. The van der Waals surface area contributed by atoms with Crippen LogP contribution in [0.2, 0.25) is 10.0 Å². The molecule has 26 heavy (non-hydrogen) atoms. The maximum absolute atomic E-state index is 12.4. The molecule has 0 radical (unpaired) electrons. The number of carbonyl (C=O) groups excluding carboxylic acids is 2. The first-order chi connectivity index (χ1) is 12.5. The zero-order chi connectivity index (χ0) is 18.5. The Morgan fingerprint density at radius 1 is 1.08 bits per heavy atom. The van der Waals surface area contributed by atoms with E-state index in [9.17, 15) is 9.59 Å². The Kier molecular flexibility index (Phi) is 6.17. The molecular weight excluding hydrogens is 371 g/mol. The SMILES string of the molecule is O=C(CC(=O)N1CCc2ccccc2C1)NCCc1ccc(Cl)cc1Cl. The fourth-order valence-electron chi connectivity index (χ4n) is 3.08. The van der Waals surface area contributed by atoms with Crippen molar-refractivity contribution >= 4 is 35.0 Å². The molecule has 0 unspecified atom stereocenters. The monoisotopic (exact) mass is 390 g/mol. The number of nitrogens with zero attached hydrogens (tertiary/aromatic N) is 1. The highest BCUT2D eigenvalue weighted by Gasteiger charge is 2.22. The fourth-order valence-corrected chi connectivity index (χ4v) is 3.58. The first-order valence-corrected chi connectivity index (χ1v) is 9.33. The van der Waals surface area contributed by atoms with Crippen molar-refractivity contribution in [1.82, 2.24) is 10.2 Å². The van der Waals surface area contributed by atoms with Gasteiger partial charge in [0.15, 0.2) is 0 Å². The number of halogens is 2. The molecule has 0 bridgehead atoms. The maximum Gasteiger partial charge on any atom is 0.232 e. The van der Waals surface area contributed by atoms with Crippen LogP contribution in [0.15, 0.2) is 42.5 Å². The van der Waals surface area contributed by atoms with Crippen LogP contribution >= 0.6 is 23.2 Å². The highest BCUT2D eigenvalue weighted by molar-refractivity contribution is 6.35. The van der Waals surface area contributed by atoms with Crippen molar-refractivity contribution in [3.05, 3.63) is 69.2 Å². The summed E-state index contributed by atoms with van der Waals surface area (Å²) in [6.45, 7) is 1.66. The number of nitrogens with one attached hydrogen (secondary N) is 1. The molecular formula is C20H20Cl2N2O2. The first kappa shape index (κ1) is 18.7. The Morgan fingerprint density at radius 3 is 2.62 bits per heavy atom. The van der Waals surface area contributed by atoms with Crippen LogP contribution in [-0.2, 0) is 29.0 Å². The topological polar surface area (TPSA) is 49.4 Å². The number of amides is 2. The average molecular weight is 391 g/mol. The molecule has 4 nitrogen and oxygen atoms in total. The van der Waals surface area contributed by atoms with Gasteiger partial charge in [0.2, 0.25) is 11.8 Å². The number of rotatable bonds is 5. The van der Waals surface area contributed by atoms with Gasteiger partial charge in [0.1, 0.15) is 6.42 Å². The molecule has 0 aliphatic carbocycles. The largest absolute Gasteiger partial charge is 0.355 e. The van der Waals surface area contributed by atoms with Gasteiger partial charge in [-0.05, 0) is 41.7 Å². The fraction of sp³-hybridized carbons (Fsp3) is 0.300. The van der Waals surface area contributed by atoms with Crippen LogP contribution < -0.4 is 5.32 Å². The molecule has 2 amide bonds. The summed E-state index contributed by atoms with van der Waals surface area (Å²) in [5.41, 5.74) is 3.35.